The highest BCUT2D eigenvalue weighted by molar-refractivity contribution is 7.15. The molecular weight excluding hydrogens is 252 g/mol. The SMILES string of the molecule is COCCNc1nc2c(s1)CC1(CC2)OCCO1. The molecule has 0 amide bonds. The second-order valence-corrected chi connectivity index (χ2v) is 5.68. The third-order valence-electron chi connectivity index (χ3n) is 3.35. The maximum absolute atomic E-state index is 5.76. The van der Waals surface area contributed by atoms with Crippen molar-refractivity contribution in [2.75, 3.05) is 38.8 Å². The average molecular weight is 270 g/mol. The molecule has 1 saturated heterocycles. The fourth-order valence-corrected chi connectivity index (χ4v) is 3.56. The van der Waals surface area contributed by atoms with Crippen LogP contribution in [0, 0.1) is 0 Å². The van der Waals surface area contributed by atoms with E-state index < -0.39 is 0 Å². The highest BCUT2D eigenvalue weighted by Crippen LogP contribution is 2.38. The number of anilines is 1. The third-order valence-corrected chi connectivity index (χ3v) is 4.40. The molecule has 18 heavy (non-hydrogen) atoms. The molecule has 1 aliphatic heterocycles. The van der Waals surface area contributed by atoms with Crippen LogP contribution in [-0.4, -0.2) is 44.2 Å². The number of fused-ring (bicyclic) bond motifs is 1. The molecule has 3 rings (SSSR count). The lowest BCUT2D eigenvalue weighted by Gasteiger charge is -2.30. The number of rotatable bonds is 4. The van der Waals surface area contributed by atoms with Gasteiger partial charge in [0.15, 0.2) is 10.9 Å². The Labute approximate surface area is 110 Å². The fraction of sp³-hybridized carbons (Fsp3) is 0.750. The van der Waals surface area contributed by atoms with Crippen molar-refractivity contribution in [3.63, 3.8) is 0 Å². The van der Waals surface area contributed by atoms with Gasteiger partial charge < -0.3 is 19.5 Å². The quantitative estimate of drug-likeness (QED) is 0.839. The van der Waals surface area contributed by atoms with E-state index in [2.05, 4.69) is 10.3 Å². The second kappa shape index (κ2) is 5.13. The van der Waals surface area contributed by atoms with Crippen molar-refractivity contribution in [2.45, 2.75) is 25.0 Å². The normalized spacial score (nSPS) is 21.2. The van der Waals surface area contributed by atoms with Gasteiger partial charge in [-0.2, -0.15) is 0 Å². The molecule has 1 fully saturated rings. The van der Waals surface area contributed by atoms with Crippen molar-refractivity contribution in [1.29, 1.82) is 0 Å². The molecular formula is C12H18N2O3S. The van der Waals surface area contributed by atoms with E-state index in [-0.39, 0.29) is 5.79 Å². The van der Waals surface area contributed by atoms with Gasteiger partial charge in [-0.25, -0.2) is 4.98 Å². The molecule has 6 heteroatoms. The Kier molecular flexibility index (Phi) is 3.52. The number of nitrogens with one attached hydrogen (secondary N) is 1. The summed E-state index contributed by atoms with van der Waals surface area (Å²) in [5.74, 6) is -0.358. The van der Waals surface area contributed by atoms with Crippen LogP contribution in [0.4, 0.5) is 5.13 Å². The Morgan fingerprint density at radius 1 is 1.44 bits per heavy atom. The fourth-order valence-electron chi connectivity index (χ4n) is 2.44. The van der Waals surface area contributed by atoms with Crippen molar-refractivity contribution in [1.82, 2.24) is 4.98 Å². The first kappa shape index (κ1) is 12.3. The van der Waals surface area contributed by atoms with Gasteiger partial charge in [-0.05, 0) is 6.42 Å². The second-order valence-electron chi connectivity index (χ2n) is 4.59. The van der Waals surface area contributed by atoms with Crippen LogP contribution >= 0.6 is 11.3 Å². The number of aromatic nitrogens is 1. The van der Waals surface area contributed by atoms with Gasteiger partial charge in [0, 0.05) is 31.4 Å². The first-order valence-corrected chi connectivity index (χ1v) is 7.12. The molecule has 5 nitrogen and oxygen atoms in total. The molecule has 0 atom stereocenters. The number of thiazole rings is 1. The van der Waals surface area contributed by atoms with E-state index in [1.807, 2.05) is 0 Å². The van der Waals surface area contributed by atoms with Gasteiger partial charge in [0.05, 0.1) is 25.5 Å². The molecule has 1 spiro atoms. The Morgan fingerprint density at radius 2 is 2.28 bits per heavy atom. The van der Waals surface area contributed by atoms with Gasteiger partial charge in [0.1, 0.15) is 0 Å². The number of methoxy groups -OCH3 is 1. The van der Waals surface area contributed by atoms with Gasteiger partial charge in [-0.1, -0.05) is 0 Å². The van der Waals surface area contributed by atoms with E-state index in [0.29, 0.717) is 19.8 Å². The predicted molar refractivity (Wildman–Crippen MR) is 69.1 cm³/mol. The summed E-state index contributed by atoms with van der Waals surface area (Å²) in [6.45, 7) is 2.92. The zero-order chi connectivity index (χ0) is 12.4. The van der Waals surface area contributed by atoms with Crippen molar-refractivity contribution < 1.29 is 14.2 Å². The zero-order valence-electron chi connectivity index (χ0n) is 10.5. The highest BCUT2D eigenvalue weighted by atomic mass is 32.1. The molecule has 0 aromatic carbocycles. The summed E-state index contributed by atoms with van der Waals surface area (Å²) in [6, 6.07) is 0. The van der Waals surface area contributed by atoms with Crippen LogP contribution in [0.25, 0.3) is 0 Å². The maximum atomic E-state index is 5.76. The van der Waals surface area contributed by atoms with Gasteiger partial charge >= 0.3 is 0 Å². The van der Waals surface area contributed by atoms with Crippen molar-refractivity contribution in [2.24, 2.45) is 0 Å². The third kappa shape index (κ3) is 2.38. The van der Waals surface area contributed by atoms with Crippen molar-refractivity contribution in [3.05, 3.63) is 10.6 Å². The van der Waals surface area contributed by atoms with Crippen molar-refractivity contribution >= 4 is 16.5 Å². The monoisotopic (exact) mass is 270 g/mol. The molecule has 100 valence electrons. The molecule has 0 unspecified atom stereocenters. The summed E-state index contributed by atoms with van der Waals surface area (Å²) in [6.07, 6.45) is 2.70. The molecule has 1 aromatic heterocycles. The Balaban J connectivity index is 1.68. The van der Waals surface area contributed by atoms with E-state index in [9.17, 15) is 0 Å². The lowest BCUT2D eigenvalue weighted by atomic mass is 9.96. The maximum Gasteiger partial charge on any atom is 0.183 e. The summed E-state index contributed by atoms with van der Waals surface area (Å²) < 4.78 is 16.5. The van der Waals surface area contributed by atoms with Gasteiger partial charge in [0.2, 0.25) is 0 Å². The van der Waals surface area contributed by atoms with Crippen LogP contribution < -0.4 is 5.32 Å². The first-order valence-electron chi connectivity index (χ1n) is 6.31. The standard InChI is InChI=1S/C12H18N2O3S/c1-15-5-4-13-11-14-9-2-3-12(8-10(9)18-11)16-6-7-17-12/h2-8H2,1H3,(H,13,14). The Morgan fingerprint density at radius 3 is 3.06 bits per heavy atom. The summed E-state index contributed by atoms with van der Waals surface area (Å²) in [5, 5.41) is 4.26. The number of hydrogen-bond acceptors (Lipinski definition) is 6. The van der Waals surface area contributed by atoms with Crippen LogP contribution in [0.15, 0.2) is 0 Å². The smallest absolute Gasteiger partial charge is 0.183 e. The molecule has 1 aromatic rings. The summed E-state index contributed by atoms with van der Waals surface area (Å²) in [4.78, 5) is 5.91. The first-order chi connectivity index (χ1) is 8.81. The topological polar surface area (TPSA) is 52.6 Å². The molecule has 2 heterocycles. The molecule has 2 aliphatic rings. The van der Waals surface area contributed by atoms with E-state index in [4.69, 9.17) is 14.2 Å². The van der Waals surface area contributed by atoms with Crippen LogP contribution in [0.1, 0.15) is 17.0 Å². The lowest BCUT2D eigenvalue weighted by molar-refractivity contribution is -0.163. The Bertz CT molecular complexity index is 415. The van der Waals surface area contributed by atoms with Gasteiger partial charge in [0.25, 0.3) is 0 Å². The minimum atomic E-state index is -0.358. The van der Waals surface area contributed by atoms with E-state index in [0.717, 1.165) is 30.9 Å². The van der Waals surface area contributed by atoms with Crippen molar-refractivity contribution in [3.8, 4) is 0 Å². The molecule has 0 radical (unpaired) electrons. The average Bonchev–Trinajstić information content (AvgIpc) is 2.97. The molecule has 0 bridgehead atoms. The number of nitrogens with zero attached hydrogens (tertiary/aromatic N) is 1. The zero-order valence-corrected chi connectivity index (χ0v) is 11.3. The number of hydrogen-bond donors (Lipinski definition) is 1. The van der Waals surface area contributed by atoms with Crippen LogP contribution in [0.3, 0.4) is 0 Å². The predicted octanol–water partition coefficient (Wildman–Crippen LogP) is 1.43. The lowest BCUT2D eigenvalue weighted by Crippen LogP contribution is -2.36. The minimum absolute atomic E-state index is 0.358. The summed E-state index contributed by atoms with van der Waals surface area (Å²) >= 11 is 1.71. The summed E-state index contributed by atoms with van der Waals surface area (Å²) in [7, 11) is 1.70. The summed E-state index contributed by atoms with van der Waals surface area (Å²) in [5.41, 5.74) is 1.20. The Hall–Kier alpha value is -0.690. The van der Waals surface area contributed by atoms with Crippen LogP contribution in [0.2, 0.25) is 0 Å². The van der Waals surface area contributed by atoms with Crippen LogP contribution in [-0.2, 0) is 27.1 Å². The van der Waals surface area contributed by atoms with Gasteiger partial charge in [-0.15, -0.1) is 11.3 Å². The molecule has 0 saturated carbocycles. The van der Waals surface area contributed by atoms with Gasteiger partial charge in [-0.3, -0.25) is 0 Å². The number of ether oxygens (including phenoxy) is 3. The van der Waals surface area contributed by atoms with E-state index in [1.54, 1.807) is 18.4 Å². The highest BCUT2D eigenvalue weighted by Gasteiger charge is 2.41. The van der Waals surface area contributed by atoms with E-state index >= 15 is 0 Å². The molecule has 1 aliphatic carbocycles. The van der Waals surface area contributed by atoms with E-state index in [1.165, 1.54) is 10.6 Å². The molecule has 1 N–H and O–H groups in total. The number of aryl methyl sites for hydroxylation is 1. The largest absolute Gasteiger partial charge is 0.383 e. The minimum Gasteiger partial charge on any atom is -0.383 e. The van der Waals surface area contributed by atoms with Crippen LogP contribution in [0.5, 0.6) is 0 Å².